The molecule has 52 valence electrons. The number of carbonyl (C=O) groups excluding carboxylic acids is 1. The van der Waals surface area contributed by atoms with E-state index in [1.54, 1.807) is 12.1 Å². The summed E-state index contributed by atoms with van der Waals surface area (Å²) < 4.78 is 1.02. The molecule has 0 aliphatic carbocycles. The predicted molar refractivity (Wildman–Crippen MR) is 45.0 cm³/mol. The average molecular weight is 216 g/mol. The van der Waals surface area contributed by atoms with E-state index in [0.717, 1.165) is 10.6 Å². The summed E-state index contributed by atoms with van der Waals surface area (Å²) in [6, 6.07) is 5.31. The van der Waals surface area contributed by atoms with Gasteiger partial charge >= 0.3 is 72.7 Å². The van der Waals surface area contributed by atoms with E-state index in [4.69, 9.17) is 11.6 Å². The van der Waals surface area contributed by atoms with Gasteiger partial charge in [-0.15, -0.1) is 0 Å². The van der Waals surface area contributed by atoms with Gasteiger partial charge in [-0.05, 0) is 0 Å². The average Bonchev–Trinajstić information content (AvgIpc) is 1.94. The van der Waals surface area contributed by atoms with E-state index in [0.29, 0.717) is 10.6 Å². The van der Waals surface area contributed by atoms with Crippen LogP contribution in [0, 0.1) is 0 Å². The molecule has 1 atom stereocenters. The van der Waals surface area contributed by atoms with Crippen molar-refractivity contribution in [3.05, 3.63) is 28.8 Å². The second-order valence-corrected chi connectivity index (χ2v) is 3.63. The fourth-order valence-corrected chi connectivity index (χ4v) is 1.35. The number of hydrogen-bond donors (Lipinski definition) is 0. The Hall–Kier alpha value is -0.262. The van der Waals surface area contributed by atoms with Gasteiger partial charge in [0.2, 0.25) is 0 Å². The first-order valence-corrected chi connectivity index (χ1v) is 4.33. The van der Waals surface area contributed by atoms with Crippen molar-refractivity contribution in [2.24, 2.45) is 0 Å². The normalized spacial score (nSPS) is 9.40. The molecule has 3 heteroatoms. The second-order valence-electron chi connectivity index (χ2n) is 1.89. The first kappa shape index (κ1) is 7.84. The molecular weight excluding hydrogens is 210 g/mol. The third kappa shape index (κ3) is 1.62. The summed E-state index contributed by atoms with van der Waals surface area (Å²) in [5, 5.41) is 0.614. The molecule has 1 aromatic carbocycles. The minimum atomic E-state index is 0.614. The van der Waals surface area contributed by atoms with Gasteiger partial charge in [-0.3, -0.25) is 0 Å². The summed E-state index contributed by atoms with van der Waals surface area (Å²) in [7, 11) is 0. The van der Waals surface area contributed by atoms with E-state index >= 15 is 0 Å². The number of hydrogen-bond acceptors (Lipinski definition) is 1. The van der Waals surface area contributed by atoms with Crippen molar-refractivity contribution in [1.82, 2.24) is 0 Å². The maximum atomic E-state index is 10.3. The van der Waals surface area contributed by atoms with E-state index in [2.05, 4.69) is 0 Å². The Balaban J connectivity index is 3.21. The number of rotatable bonds is 1. The Morgan fingerprint density at radius 2 is 2.20 bits per heavy atom. The Labute approximate surface area is 72.9 Å². The molecule has 0 aliphatic rings. The van der Waals surface area contributed by atoms with Crippen LogP contribution < -0.4 is 4.35 Å². The zero-order valence-corrected chi connectivity index (χ0v) is 8.35. The van der Waals surface area contributed by atoms with Gasteiger partial charge in [0.15, 0.2) is 0 Å². The van der Waals surface area contributed by atoms with Crippen LogP contribution in [0.25, 0.3) is 0 Å². The molecule has 1 unspecified atom stereocenters. The third-order valence-corrected chi connectivity index (χ3v) is 2.51. The molecule has 0 aliphatic heterocycles. The molecule has 0 radical (unpaired) electrons. The van der Waals surface area contributed by atoms with Gasteiger partial charge in [0.1, 0.15) is 0 Å². The van der Waals surface area contributed by atoms with Crippen LogP contribution in [0.5, 0.6) is 0 Å². The van der Waals surface area contributed by atoms with Crippen LogP contribution in [0.4, 0.5) is 0 Å². The van der Waals surface area contributed by atoms with Crippen molar-refractivity contribution >= 4 is 39.1 Å². The molecule has 0 amide bonds. The van der Waals surface area contributed by atoms with Gasteiger partial charge in [0.05, 0.1) is 0 Å². The third-order valence-electron chi connectivity index (χ3n) is 1.18. The molecule has 0 saturated heterocycles. The number of halogens is 1. The summed E-state index contributed by atoms with van der Waals surface area (Å²) >= 11 is 7.08. The molecule has 0 heterocycles. The first-order valence-electron chi connectivity index (χ1n) is 2.74. The van der Waals surface area contributed by atoms with Crippen LogP contribution in [0.1, 0.15) is 10.4 Å². The van der Waals surface area contributed by atoms with E-state index in [1.807, 2.05) is 6.07 Å². The van der Waals surface area contributed by atoms with Crippen LogP contribution >= 0.6 is 11.6 Å². The van der Waals surface area contributed by atoms with Crippen molar-refractivity contribution in [2.45, 2.75) is 0 Å². The monoisotopic (exact) mass is 216 g/mol. The van der Waals surface area contributed by atoms with Gasteiger partial charge in [-0.25, -0.2) is 0 Å². The SMILES string of the molecule is O=Cc1cc(Cl)ccc1[AsH2]. The Bertz CT molecular complexity index is 260. The molecule has 10 heavy (non-hydrogen) atoms. The Morgan fingerprint density at radius 3 is 2.70 bits per heavy atom. The summed E-state index contributed by atoms with van der Waals surface area (Å²) in [5.41, 5.74) is 0.688. The molecule has 0 fully saturated rings. The van der Waals surface area contributed by atoms with Crippen LogP contribution in [0.15, 0.2) is 18.2 Å². The predicted octanol–water partition coefficient (Wildman–Crippen LogP) is 0.411. The van der Waals surface area contributed by atoms with E-state index in [-0.39, 0.29) is 0 Å². The summed E-state index contributed by atoms with van der Waals surface area (Å²) in [5.74, 6) is 0. The number of benzene rings is 1. The van der Waals surface area contributed by atoms with Gasteiger partial charge in [-0.2, -0.15) is 0 Å². The quantitative estimate of drug-likeness (QED) is 0.491. The molecule has 0 bridgehead atoms. The van der Waals surface area contributed by atoms with Crippen molar-refractivity contribution in [2.75, 3.05) is 0 Å². The van der Waals surface area contributed by atoms with Crippen LogP contribution in [0.2, 0.25) is 5.02 Å². The molecule has 0 N–H and O–H groups in total. The standard InChI is InChI=1S/C7H6AsClO/c8-7-2-1-6(9)3-5(7)4-10/h1-4H,8H2. The molecular formula is C7H6AsClO. The van der Waals surface area contributed by atoms with Crippen molar-refractivity contribution in [3.63, 3.8) is 0 Å². The molecule has 0 spiro atoms. The van der Waals surface area contributed by atoms with Crippen LogP contribution in [-0.2, 0) is 0 Å². The van der Waals surface area contributed by atoms with Crippen LogP contribution in [0.3, 0.4) is 0 Å². The zero-order chi connectivity index (χ0) is 7.56. The van der Waals surface area contributed by atoms with Crippen LogP contribution in [-0.4, -0.2) is 23.1 Å². The van der Waals surface area contributed by atoms with E-state index in [9.17, 15) is 4.79 Å². The summed E-state index contributed by atoms with van der Waals surface area (Å²) in [6.45, 7) is 0. The van der Waals surface area contributed by atoms with E-state index in [1.165, 1.54) is 16.9 Å². The molecule has 1 rings (SSSR count). The van der Waals surface area contributed by atoms with Gasteiger partial charge < -0.3 is 0 Å². The maximum absolute atomic E-state index is 10.3. The van der Waals surface area contributed by atoms with Gasteiger partial charge in [-0.1, -0.05) is 0 Å². The second kappa shape index (κ2) is 3.22. The van der Waals surface area contributed by atoms with Crippen molar-refractivity contribution in [1.29, 1.82) is 0 Å². The molecule has 0 aromatic heterocycles. The number of carbonyl (C=O) groups is 1. The molecule has 1 aromatic rings. The molecule has 0 saturated carbocycles. The van der Waals surface area contributed by atoms with Gasteiger partial charge in [0, 0.05) is 0 Å². The Morgan fingerprint density at radius 1 is 1.50 bits per heavy atom. The van der Waals surface area contributed by atoms with Crippen molar-refractivity contribution < 1.29 is 4.79 Å². The summed E-state index contributed by atoms with van der Waals surface area (Å²) in [4.78, 5) is 10.3. The topological polar surface area (TPSA) is 17.1 Å². The van der Waals surface area contributed by atoms with Crippen molar-refractivity contribution in [3.8, 4) is 0 Å². The number of aldehydes is 1. The first-order chi connectivity index (χ1) is 4.74. The van der Waals surface area contributed by atoms with Gasteiger partial charge in [0.25, 0.3) is 0 Å². The zero-order valence-electron chi connectivity index (χ0n) is 5.17. The fourth-order valence-electron chi connectivity index (χ4n) is 0.648. The fraction of sp³-hybridized carbons (Fsp3) is 0. The Kier molecular flexibility index (Phi) is 2.53. The van der Waals surface area contributed by atoms with E-state index < -0.39 is 0 Å². The minimum absolute atomic E-state index is 0.614. The summed E-state index contributed by atoms with van der Waals surface area (Å²) in [6.07, 6.45) is 0.822. The molecule has 1 nitrogen and oxygen atoms in total.